The number of hydrogen-bond donors (Lipinski definition) is 2. The van der Waals surface area contributed by atoms with Crippen LogP contribution in [-0.2, 0) is 0 Å². The summed E-state index contributed by atoms with van der Waals surface area (Å²) in [5.74, 6) is 0.739. The molecule has 0 heterocycles. The van der Waals surface area contributed by atoms with Gasteiger partial charge >= 0.3 is 0 Å². The van der Waals surface area contributed by atoms with Crippen molar-refractivity contribution in [2.45, 2.75) is 0 Å². The van der Waals surface area contributed by atoms with Crippen LogP contribution >= 0.6 is 31.9 Å². The first kappa shape index (κ1) is 23.6. The SMILES string of the molecule is COc1cc(C=O)c(Br)c(O)c1OC.COc1cc(C=O)c(Br)c(O)c1OC. The Hall–Kier alpha value is -2.46. The van der Waals surface area contributed by atoms with E-state index in [9.17, 15) is 19.8 Å². The Bertz CT molecular complexity index is 796. The summed E-state index contributed by atoms with van der Waals surface area (Å²) in [5.41, 5.74) is 0.611. The van der Waals surface area contributed by atoms with Crippen molar-refractivity contribution in [3.8, 4) is 34.5 Å². The number of aromatic hydroxyl groups is 2. The summed E-state index contributed by atoms with van der Waals surface area (Å²) in [6, 6.07) is 2.96. The lowest BCUT2D eigenvalue weighted by atomic mass is 10.2. The van der Waals surface area contributed by atoms with Gasteiger partial charge in [-0.1, -0.05) is 0 Å². The highest BCUT2D eigenvalue weighted by Gasteiger charge is 2.17. The van der Waals surface area contributed by atoms with Gasteiger partial charge in [-0.05, 0) is 44.0 Å². The molecular weight excluding hydrogens is 504 g/mol. The molecule has 0 atom stereocenters. The number of halogens is 2. The molecule has 0 aliphatic rings. The Balaban J connectivity index is 0.000000280. The van der Waals surface area contributed by atoms with Gasteiger partial charge in [0.15, 0.2) is 35.6 Å². The number of carbonyl (C=O) groups is 2. The van der Waals surface area contributed by atoms with Gasteiger partial charge in [0.05, 0.1) is 37.4 Å². The van der Waals surface area contributed by atoms with Crippen LogP contribution in [-0.4, -0.2) is 51.2 Å². The van der Waals surface area contributed by atoms with E-state index in [1.54, 1.807) is 0 Å². The van der Waals surface area contributed by atoms with Gasteiger partial charge in [-0.3, -0.25) is 9.59 Å². The summed E-state index contributed by atoms with van der Waals surface area (Å²) in [7, 11) is 5.68. The molecule has 0 unspecified atom stereocenters. The second kappa shape index (κ2) is 10.8. The highest BCUT2D eigenvalue weighted by molar-refractivity contribution is 9.11. The summed E-state index contributed by atoms with van der Waals surface area (Å²) in [6.45, 7) is 0. The first-order valence-electron chi connectivity index (χ1n) is 7.48. The second-order valence-electron chi connectivity index (χ2n) is 4.96. The molecule has 2 aromatic rings. The van der Waals surface area contributed by atoms with Crippen LogP contribution in [0.5, 0.6) is 34.5 Å². The van der Waals surface area contributed by atoms with E-state index in [4.69, 9.17) is 18.9 Å². The van der Waals surface area contributed by atoms with E-state index >= 15 is 0 Å². The van der Waals surface area contributed by atoms with Crippen molar-refractivity contribution in [2.75, 3.05) is 28.4 Å². The van der Waals surface area contributed by atoms with Crippen molar-refractivity contribution in [1.29, 1.82) is 0 Å². The number of hydrogen-bond acceptors (Lipinski definition) is 8. The molecule has 28 heavy (non-hydrogen) atoms. The number of phenols is 2. The molecule has 0 radical (unpaired) electrons. The average Bonchev–Trinajstić information content (AvgIpc) is 2.71. The molecular formula is C18H18Br2O8. The highest BCUT2D eigenvalue weighted by atomic mass is 79.9. The van der Waals surface area contributed by atoms with Crippen LogP contribution in [0.2, 0.25) is 0 Å². The maximum Gasteiger partial charge on any atom is 0.204 e. The van der Waals surface area contributed by atoms with Gasteiger partial charge in [-0.15, -0.1) is 0 Å². The predicted molar refractivity (Wildman–Crippen MR) is 109 cm³/mol. The molecule has 0 saturated carbocycles. The van der Waals surface area contributed by atoms with Crippen LogP contribution in [0, 0.1) is 0 Å². The molecule has 0 amide bonds. The normalized spacial score (nSPS) is 9.64. The van der Waals surface area contributed by atoms with Gasteiger partial charge < -0.3 is 29.2 Å². The Morgan fingerprint density at radius 3 is 1.25 bits per heavy atom. The molecule has 0 saturated heterocycles. The topological polar surface area (TPSA) is 112 Å². The van der Waals surface area contributed by atoms with Crippen LogP contribution in [0.4, 0.5) is 0 Å². The first-order chi connectivity index (χ1) is 13.3. The molecule has 10 heteroatoms. The van der Waals surface area contributed by atoms with Crippen molar-refractivity contribution in [3.63, 3.8) is 0 Å². The minimum atomic E-state index is -0.144. The molecule has 0 fully saturated rings. The number of phenolic OH excluding ortho intramolecular Hbond substituents is 2. The predicted octanol–water partition coefficient (Wildman–Crippen LogP) is 3.97. The second-order valence-corrected chi connectivity index (χ2v) is 6.55. The summed E-state index contributed by atoms with van der Waals surface area (Å²) in [4.78, 5) is 21.2. The Morgan fingerprint density at radius 2 is 1.04 bits per heavy atom. The van der Waals surface area contributed by atoms with Gasteiger partial charge in [-0.25, -0.2) is 0 Å². The van der Waals surface area contributed by atoms with E-state index in [-0.39, 0.29) is 23.0 Å². The quantitative estimate of drug-likeness (QED) is 0.549. The minimum absolute atomic E-state index is 0.144. The number of benzene rings is 2. The Kier molecular flexibility index (Phi) is 9.07. The van der Waals surface area contributed by atoms with Crippen molar-refractivity contribution < 1.29 is 38.7 Å². The molecule has 2 N–H and O–H groups in total. The molecule has 8 nitrogen and oxygen atoms in total. The third kappa shape index (κ3) is 4.87. The summed E-state index contributed by atoms with van der Waals surface area (Å²) < 4.78 is 20.3. The van der Waals surface area contributed by atoms with Crippen molar-refractivity contribution in [1.82, 2.24) is 0 Å². The van der Waals surface area contributed by atoms with Gasteiger partial charge in [0, 0.05) is 11.1 Å². The largest absolute Gasteiger partial charge is 0.503 e. The minimum Gasteiger partial charge on any atom is -0.503 e. The smallest absolute Gasteiger partial charge is 0.204 e. The molecule has 0 aromatic heterocycles. The van der Waals surface area contributed by atoms with Crippen LogP contribution in [0.3, 0.4) is 0 Å². The third-order valence-electron chi connectivity index (χ3n) is 3.48. The first-order valence-corrected chi connectivity index (χ1v) is 9.06. The van der Waals surface area contributed by atoms with Gasteiger partial charge in [0.2, 0.25) is 11.5 Å². The monoisotopic (exact) mass is 520 g/mol. The Labute approximate surface area is 178 Å². The standard InChI is InChI=1S/2C9H9BrO4/c2*1-13-6-3-5(4-11)7(10)8(12)9(6)14-2/h2*3-4,12H,1-2H3. The maximum atomic E-state index is 10.6. The summed E-state index contributed by atoms with van der Waals surface area (Å²) >= 11 is 6.16. The lowest BCUT2D eigenvalue weighted by Crippen LogP contribution is -1.94. The van der Waals surface area contributed by atoms with Crippen LogP contribution in [0.15, 0.2) is 21.1 Å². The lowest BCUT2D eigenvalue weighted by molar-refractivity contribution is 0.111. The zero-order chi connectivity index (χ0) is 21.4. The molecule has 2 rings (SSSR count). The van der Waals surface area contributed by atoms with E-state index in [0.29, 0.717) is 44.1 Å². The third-order valence-corrected chi connectivity index (χ3v) is 5.14. The number of rotatable bonds is 6. The fourth-order valence-electron chi connectivity index (χ4n) is 2.12. The number of aldehydes is 2. The van der Waals surface area contributed by atoms with E-state index in [0.717, 1.165) is 0 Å². The van der Waals surface area contributed by atoms with Crippen LogP contribution in [0.1, 0.15) is 20.7 Å². The lowest BCUT2D eigenvalue weighted by Gasteiger charge is -2.11. The average molecular weight is 522 g/mol. The molecule has 0 bridgehead atoms. The fraction of sp³-hybridized carbons (Fsp3) is 0.222. The van der Waals surface area contributed by atoms with Gasteiger partial charge in [0.1, 0.15) is 0 Å². The molecule has 152 valence electrons. The van der Waals surface area contributed by atoms with E-state index in [1.165, 1.54) is 40.6 Å². The maximum absolute atomic E-state index is 10.6. The highest BCUT2D eigenvalue weighted by Crippen LogP contribution is 2.44. The van der Waals surface area contributed by atoms with Crippen LogP contribution < -0.4 is 18.9 Å². The van der Waals surface area contributed by atoms with Crippen molar-refractivity contribution in [3.05, 3.63) is 32.2 Å². The van der Waals surface area contributed by atoms with Crippen molar-refractivity contribution >= 4 is 44.4 Å². The summed E-state index contributed by atoms with van der Waals surface area (Å²) in [5, 5.41) is 19.2. The zero-order valence-electron chi connectivity index (χ0n) is 15.4. The molecule has 0 aliphatic carbocycles. The molecule has 2 aromatic carbocycles. The van der Waals surface area contributed by atoms with E-state index < -0.39 is 0 Å². The van der Waals surface area contributed by atoms with Crippen LogP contribution in [0.25, 0.3) is 0 Å². The molecule has 0 spiro atoms. The number of methoxy groups -OCH3 is 4. The fourth-order valence-corrected chi connectivity index (χ4v) is 2.89. The zero-order valence-corrected chi connectivity index (χ0v) is 18.6. The molecule has 0 aliphatic heterocycles. The number of carbonyl (C=O) groups excluding carboxylic acids is 2. The van der Waals surface area contributed by atoms with E-state index in [1.807, 2.05) is 0 Å². The van der Waals surface area contributed by atoms with Gasteiger partial charge in [-0.2, -0.15) is 0 Å². The van der Waals surface area contributed by atoms with Crippen molar-refractivity contribution in [2.24, 2.45) is 0 Å². The Morgan fingerprint density at radius 1 is 0.714 bits per heavy atom. The van der Waals surface area contributed by atoms with E-state index in [2.05, 4.69) is 31.9 Å². The van der Waals surface area contributed by atoms with Gasteiger partial charge in [0.25, 0.3) is 0 Å². The number of ether oxygens (including phenoxy) is 4. The summed E-state index contributed by atoms with van der Waals surface area (Å²) in [6.07, 6.45) is 1.23.